The van der Waals surface area contributed by atoms with Crippen LogP contribution < -0.4 is 5.32 Å². The van der Waals surface area contributed by atoms with E-state index >= 15 is 0 Å². The molecule has 0 saturated carbocycles. The summed E-state index contributed by atoms with van der Waals surface area (Å²) in [6.07, 6.45) is 0. The van der Waals surface area contributed by atoms with Gasteiger partial charge < -0.3 is 5.32 Å². The average molecular weight is 409 g/mol. The molecule has 122 valence electrons. The average Bonchev–Trinajstić information content (AvgIpc) is 2.48. The summed E-state index contributed by atoms with van der Waals surface area (Å²) in [5.74, 6) is 1.31. The fraction of sp³-hybridized carbons (Fsp3) is 0.188. The molecule has 23 heavy (non-hydrogen) atoms. The van der Waals surface area contributed by atoms with Crippen molar-refractivity contribution in [3.8, 4) is 0 Å². The van der Waals surface area contributed by atoms with E-state index in [4.69, 9.17) is 46.4 Å². The zero-order chi connectivity index (χ0) is 16.8. The smallest absolute Gasteiger partial charge is 0.252 e. The summed E-state index contributed by atoms with van der Waals surface area (Å²) in [5, 5.41) is 4.95. The van der Waals surface area contributed by atoms with Gasteiger partial charge in [0.1, 0.15) is 0 Å². The zero-order valence-corrected chi connectivity index (χ0v) is 15.8. The van der Waals surface area contributed by atoms with Crippen molar-refractivity contribution in [3.05, 3.63) is 67.6 Å². The van der Waals surface area contributed by atoms with Gasteiger partial charge in [-0.1, -0.05) is 52.5 Å². The number of rotatable bonds is 6. The third kappa shape index (κ3) is 5.77. The van der Waals surface area contributed by atoms with Gasteiger partial charge in [0.25, 0.3) is 5.91 Å². The predicted molar refractivity (Wildman–Crippen MR) is 101 cm³/mol. The van der Waals surface area contributed by atoms with Crippen molar-refractivity contribution in [2.75, 3.05) is 12.3 Å². The molecule has 0 heterocycles. The van der Waals surface area contributed by atoms with Crippen molar-refractivity contribution in [2.24, 2.45) is 0 Å². The maximum Gasteiger partial charge on any atom is 0.252 e. The summed E-state index contributed by atoms with van der Waals surface area (Å²) < 4.78 is 0. The van der Waals surface area contributed by atoms with Gasteiger partial charge in [-0.15, -0.1) is 0 Å². The molecule has 0 fully saturated rings. The molecule has 0 spiro atoms. The summed E-state index contributed by atoms with van der Waals surface area (Å²) in [7, 11) is 0. The molecule has 0 atom stereocenters. The van der Waals surface area contributed by atoms with Crippen molar-refractivity contribution in [2.45, 2.75) is 5.75 Å². The molecule has 0 unspecified atom stereocenters. The highest BCUT2D eigenvalue weighted by Crippen LogP contribution is 2.24. The molecule has 0 saturated heterocycles. The van der Waals surface area contributed by atoms with Crippen LogP contribution >= 0.6 is 58.2 Å². The van der Waals surface area contributed by atoms with Crippen LogP contribution in [0.1, 0.15) is 15.9 Å². The molecule has 0 aliphatic carbocycles. The van der Waals surface area contributed by atoms with Crippen LogP contribution in [0.4, 0.5) is 0 Å². The number of hydrogen-bond donors (Lipinski definition) is 1. The van der Waals surface area contributed by atoms with Crippen LogP contribution in [0.15, 0.2) is 36.4 Å². The maximum absolute atomic E-state index is 12.0. The molecule has 0 bridgehead atoms. The normalized spacial score (nSPS) is 10.6. The van der Waals surface area contributed by atoms with Crippen LogP contribution in [0.5, 0.6) is 0 Å². The van der Waals surface area contributed by atoms with Gasteiger partial charge in [0.05, 0.1) is 10.6 Å². The van der Waals surface area contributed by atoms with Crippen molar-refractivity contribution in [1.29, 1.82) is 0 Å². The molecule has 0 radical (unpaired) electrons. The van der Waals surface area contributed by atoms with E-state index in [9.17, 15) is 4.79 Å². The van der Waals surface area contributed by atoms with Gasteiger partial charge in [0, 0.05) is 33.1 Å². The van der Waals surface area contributed by atoms with Gasteiger partial charge in [-0.05, 0) is 35.9 Å². The van der Waals surface area contributed by atoms with Crippen LogP contribution in [0, 0.1) is 0 Å². The lowest BCUT2D eigenvalue weighted by Gasteiger charge is -2.08. The Hall–Kier alpha value is -0.580. The molecule has 7 heteroatoms. The lowest BCUT2D eigenvalue weighted by molar-refractivity contribution is 0.0956. The van der Waals surface area contributed by atoms with Gasteiger partial charge in [0.2, 0.25) is 0 Å². The number of thioether (sulfide) groups is 1. The van der Waals surface area contributed by atoms with E-state index in [1.165, 1.54) is 0 Å². The molecule has 2 nitrogen and oxygen atoms in total. The lowest BCUT2D eigenvalue weighted by Crippen LogP contribution is -2.26. The number of hydrogen-bond acceptors (Lipinski definition) is 2. The Kier molecular flexibility index (Phi) is 7.38. The van der Waals surface area contributed by atoms with E-state index in [-0.39, 0.29) is 5.91 Å². The minimum atomic E-state index is -0.211. The standard InChI is InChI=1S/C16H13Cl4NOS/c17-11-2-1-10(14(19)7-11)9-23-6-5-21-16(22)13-4-3-12(18)8-15(13)20/h1-4,7-8H,5-6,9H2,(H,21,22). The second-order valence-corrected chi connectivity index (χ2v) is 7.46. The van der Waals surface area contributed by atoms with Gasteiger partial charge in [-0.2, -0.15) is 11.8 Å². The number of carbonyl (C=O) groups is 1. The first-order valence-corrected chi connectivity index (χ1v) is 9.39. The molecule has 1 N–H and O–H groups in total. The zero-order valence-electron chi connectivity index (χ0n) is 11.9. The number of amides is 1. The predicted octanol–water partition coefficient (Wildman–Crippen LogP) is 5.96. The van der Waals surface area contributed by atoms with Crippen LogP contribution in [0.3, 0.4) is 0 Å². The Morgan fingerprint density at radius 2 is 1.61 bits per heavy atom. The number of nitrogens with one attached hydrogen (secondary N) is 1. The monoisotopic (exact) mass is 407 g/mol. The second-order valence-electron chi connectivity index (χ2n) is 4.67. The van der Waals surface area contributed by atoms with E-state index in [0.717, 1.165) is 17.1 Å². The molecule has 0 aliphatic rings. The largest absolute Gasteiger partial charge is 0.351 e. The van der Waals surface area contributed by atoms with Gasteiger partial charge in [-0.25, -0.2) is 0 Å². The van der Waals surface area contributed by atoms with Gasteiger partial charge >= 0.3 is 0 Å². The first kappa shape index (κ1) is 18.8. The maximum atomic E-state index is 12.0. The number of halogens is 4. The van der Waals surface area contributed by atoms with Crippen molar-refractivity contribution >= 4 is 64.1 Å². The van der Waals surface area contributed by atoms with Crippen molar-refractivity contribution in [3.63, 3.8) is 0 Å². The topological polar surface area (TPSA) is 29.1 Å². The Morgan fingerprint density at radius 3 is 2.26 bits per heavy atom. The van der Waals surface area contributed by atoms with E-state index in [0.29, 0.717) is 32.2 Å². The number of carbonyl (C=O) groups excluding carboxylic acids is 1. The minimum absolute atomic E-state index is 0.211. The van der Waals surface area contributed by atoms with Crippen LogP contribution in [0.25, 0.3) is 0 Å². The Morgan fingerprint density at radius 1 is 0.957 bits per heavy atom. The van der Waals surface area contributed by atoms with Crippen molar-refractivity contribution < 1.29 is 4.79 Å². The molecule has 2 rings (SSSR count). The fourth-order valence-electron chi connectivity index (χ4n) is 1.83. The molecular formula is C16H13Cl4NOS. The van der Waals surface area contributed by atoms with E-state index < -0.39 is 0 Å². The molecular weight excluding hydrogens is 396 g/mol. The van der Waals surface area contributed by atoms with Gasteiger partial charge in [-0.3, -0.25) is 4.79 Å². The van der Waals surface area contributed by atoms with Crippen LogP contribution in [0.2, 0.25) is 20.1 Å². The Balaban J connectivity index is 1.76. The number of benzene rings is 2. The minimum Gasteiger partial charge on any atom is -0.351 e. The summed E-state index contributed by atoms with van der Waals surface area (Å²) in [5.41, 5.74) is 1.44. The first-order chi connectivity index (χ1) is 11.0. The molecule has 0 aliphatic heterocycles. The highest BCUT2D eigenvalue weighted by molar-refractivity contribution is 7.98. The van der Waals surface area contributed by atoms with E-state index in [2.05, 4.69) is 5.32 Å². The Bertz CT molecular complexity index is 708. The lowest BCUT2D eigenvalue weighted by atomic mass is 10.2. The fourth-order valence-corrected chi connectivity index (χ4v) is 3.74. The molecule has 1 amide bonds. The van der Waals surface area contributed by atoms with E-state index in [1.807, 2.05) is 12.1 Å². The van der Waals surface area contributed by atoms with E-state index in [1.54, 1.807) is 36.0 Å². The van der Waals surface area contributed by atoms with Gasteiger partial charge in [0.15, 0.2) is 0 Å². The Labute approximate surface area is 159 Å². The second kappa shape index (κ2) is 9.05. The molecule has 2 aromatic carbocycles. The summed E-state index contributed by atoms with van der Waals surface area (Å²) >= 11 is 25.5. The quantitative estimate of drug-likeness (QED) is 0.597. The summed E-state index contributed by atoms with van der Waals surface area (Å²) in [6, 6.07) is 10.2. The molecule has 0 aromatic heterocycles. The van der Waals surface area contributed by atoms with Crippen molar-refractivity contribution in [1.82, 2.24) is 5.32 Å². The molecule has 2 aromatic rings. The summed E-state index contributed by atoms with van der Waals surface area (Å²) in [4.78, 5) is 12.0. The highest BCUT2D eigenvalue weighted by atomic mass is 35.5. The van der Waals surface area contributed by atoms with Crippen LogP contribution in [-0.4, -0.2) is 18.2 Å². The SMILES string of the molecule is O=C(NCCSCc1ccc(Cl)cc1Cl)c1ccc(Cl)cc1Cl. The third-order valence-electron chi connectivity index (χ3n) is 2.98. The summed E-state index contributed by atoms with van der Waals surface area (Å²) in [6.45, 7) is 0.535. The first-order valence-electron chi connectivity index (χ1n) is 6.72. The van der Waals surface area contributed by atoms with Crippen LogP contribution in [-0.2, 0) is 5.75 Å². The highest BCUT2D eigenvalue weighted by Gasteiger charge is 2.10. The third-order valence-corrected chi connectivity index (χ3v) is 5.12.